The zero-order valence-corrected chi connectivity index (χ0v) is 18.9. The van der Waals surface area contributed by atoms with Crippen molar-refractivity contribution in [2.45, 2.75) is 38.2 Å². The molecule has 178 valence electrons. The average Bonchev–Trinajstić information content (AvgIpc) is 2.81. The average molecular weight is 461 g/mol. The number of carbonyl (C=O) groups excluding carboxylic acids is 1. The van der Waals surface area contributed by atoms with Gasteiger partial charge in [-0.3, -0.25) is 4.79 Å². The largest absolute Gasteiger partial charge is 0.465 e. The maximum atomic E-state index is 14.2. The minimum absolute atomic E-state index is 0.0301. The highest BCUT2D eigenvalue weighted by Gasteiger charge is 2.44. The Labute approximate surface area is 192 Å². The van der Waals surface area contributed by atoms with E-state index in [-0.39, 0.29) is 31.3 Å². The third-order valence-electron chi connectivity index (χ3n) is 6.13. The SMILES string of the molecule is CNC(=O)c1cc(CNCCC2CN(C(=O)O)CCC2(F)F)cc(C(C)c2ccccc2)n1. The number of nitrogens with one attached hydrogen (secondary N) is 2. The molecule has 3 N–H and O–H groups in total. The molecule has 2 unspecified atom stereocenters. The molecule has 9 heteroatoms. The molecule has 2 atom stereocenters. The molecule has 0 saturated carbocycles. The maximum Gasteiger partial charge on any atom is 0.407 e. The molecule has 0 radical (unpaired) electrons. The molecule has 1 aromatic heterocycles. The minimum atomic E-state index is -2.88. The van der Waals surface area contributed by atoms with E-state index in [1.807, 2.05) is 43.3 Å². The number of benzene rings is 1. The van der Waals surface area contributed by atoms with Gasteiger partial charge in [-0.1, -0.05) is 37.3 Å². The summed E-state index contributed by atoms with van der Waals surface area (Å²) < 4.78 is 28.5. The predicted octanol–water partition coefficient (Wildman–Crippen LogP) is 3.71. The number of amides is 2. The second-order valence-corrected chi connectivity index (χ2v) is 8.40. The second-order valence-electron chi connectivity index (χ2n) is 8.40. The lowest BCUT2D eigenvalue weighted by Crippen LogP contribution is -2.49. The standard InChI is InChI=1S/C24H30F2N4O3/c1-16(18-6-4-3-5-7-18)20-12-17(13-21(29-20)22(31)27-2)14-28-10-8-19-15-30(23(32)33)11-9-24(19,25)26/h3-7,12-13,16,19,28H,8-11,14-15H2,1-2H3,(H,27,31)(H,32,33). The minimum Gasteiger partial charge on any atom is -0.465 e. The molecule has 0 bridgehead atoms. The monoisotopic (exact) mass is 460 g/mol. The number of hydrogen-bond acceptors (Lipinski definition) is 4. The molecule has 0 spiro atoms. The first kappa shape index (κ1) is 24.6. The van der Waals surface area contributed by atoms with Crippen molar-refractivity contribution < 1.29 is 23.5 Å². The second kappa shape index (κ2) is 10.7. The Morgan fingerprint density at radius 1 is 1.27 bits per heavy atom. The molecule has 1 saturated heterocycles. The Bertz CT molecular complexity index is 971. The number of carbonyl (C=O) groups is 2. The number of piperidine rings is 1. The number of alkyl halides is 2. The van der Waals surface area contributed by atoms with E-state index < -0.39 is 24.4 Å². The van der Waals surface area contributed by atoms with E-state index in [1.165, 1.54) is 0 Å². The first-order chi connectivity index (χ1) is 15.7. The summed E-state index contributed by atoms with van der Waals surface area (Å²) in [5, 5.41) is 14.9. The van der Waals surface area contributed by atoms with Gasteiger partial charge in [0.1, 0.15) is 5.69 Å². The summed E-state index contributed by atoms with van der Waals surface area (Å²) in [6, 6.07) is 13.4. The van der Waals surface area contributed by atoms with Crippen LogP contribution in [0.4, 0.5) is 13.6 Å². The van der Waals surface area contributed by atoms with Gasteiger partial charge < -0.3 is 20.6 Å². The van der Waals surface area contributed by atoms with E-state index in [4.69, 9.17) is 5.11 Å². The van der Waals surface area contributed by atoms with Crippen LogP contribution in [-0.2, 0) is 6.54 Å². The van der Waals surface area contributed by atoms with Gasteiger partial charge in [0.15, 0.2) is 0 Å². The van der Waals surface area contributed by atoms with Crippen molar-refractivity contribution in [1.29, 1.82) is 0 Å². The molecule has 33 heavy (non-hydrogen) atoms. The summed E-state index contributed by atoms with van der Waals surface area (Å²) in [6.07, 6.45) is -1.47. The zero-order chi connectivity index (χ0) is 24.0. The fourth-order valence-electron chi connectivity index (χ4n) is 4.06. The molecular formula is C24H30F2N4O3. The maximum absolute atomic E-state index is 14.2. The third-order valence-corrected chi connectivity index (χ3v) is 6.13. The summed E-state index contributed by atoms with van der Waals surface area (Å²) in [4.78, 5) is 29.0. The molecule has 1 aromatic carbocycles. The number of likely N-dealkylation sites (tertiary alicyclic amines) is 1. The van der Waals surface area contributed by atoms with Gasteiger partial charge in [0.25, 0.3) is 11.8 Å². The Balaban J connectivity index is 1.67. The van der Waals surface area contributed by atoms with E-state index in [1.54, 1.807) is 13.1 Å². The lowest BCUT2D eigenvalue weighted by molar-refractivity contribution is -0.102. The predicted molar refractivity (Wildman–Crippen MR) is 121 cm³/mol. The van der Waals surface area contributed by atoms with Gasteiger partial charge in [-0.05, 0) is 36.2 Å². The van der Waals surface area contributed by atoms with Crippen LogP contribution in [0.1, 0.15) is 53.0 Å². The van der Waals surface area contributed by atoms with Crippen molar-refractivity contribution in [3.63, 3.8) is 0 Å². The number of halogens is 2. The highest BCUT2D eigenvalue weighted by atomic mass is 19.3. The normalized spacial score (nSPS) is 18.5. The van der Waals surface area contributed by atoms with Crippen LogP contribution in [0.2, 0.25) is 0 Å². The number of hydrogen-bond donors (Lipinski definition) is 3. The van der Waals surface area contributed by atoms with Crippen LogP contribution >= 0.6 is 0 Å². The van der Waals surface area contributed by atoms with E-state index in [0.717, 1.165) is 21.7 Å². The number of aromatic nitrogens is 1. The van der Waals surface area contributed by atoms with E-state index in [9.17, 15) is 18.4 Å². The molecule has 1 aliphatic heterocycles. The summed E-state index contributed by atoms with van der Waals surface area (Å²) in [6.45, 7) is 2.38. The summed E-state index contributed by atoms with van der Waals surface area (Å²) in [5.41, 5.74) is 2.94. The van der Waals surface area contributed by atoms with Crippen molar-refractivity contribution in [3.05, 3.63) is 65.0 Å². The van der Waals surface area contributed by atoms with Gasteiger partial charge in [-0.15, -0.1) is 0 Å². The van der Waals surface area contributed by atoms with Crippen LogP contribution in [0, 0.1) is 5.92 Å². The number of pyridine rings is 1. The molecule has 1 aliphatic rings. The molecule has 3 rings (SSSR count). The molecular weight excluding hydrogens is 430 g/mol. The molecule has 0 aliphatic carbocycles. The number of carboxylic acid groups (broad SMARTS) is 1. The molecule has 2 amide bonds. The van der Waals surface area contributed by atoms with Crippen molar-refractivity contribution in [1.82, 2.24) is 20.5 Å². The quantitative estimate of drug-likeness (QED) is 0.522. The van der Waals surface area contributed by atoms with Crippen LogP contribution in [0.15, 0.2) is 42.5 Å². The van der Waals surface area contributed by atoms with Gasteiger partial charge in [0.2, 0.25) is 0 Å². The highest BCUT2D eigenvalue weighted by Crippen LogP contribution is 2.35. The van der Waals surface area contributed by atoms with Crippen molar-refractivity contribution >= 4 is 12.0 Å². The number of rotatable bonds is 8. The number of nitrogens with zero attached hydrogens (tertiary/aromatic N) is 2. The van der Waals surface area contributed by atoms with E-state index >= 15 is 0 Å². The molecule has 2 aromatic rings. The first-order valence-electron chi connectivity index (χ1n) is 11.1. The van der Waals surface area contributed by atoms with Gasteiger partial charge >= 0.3 is 6.09 Å². The summed E-state index contributed by atoms with van der Waals surface area (Å²) >= 11 is 0. The molecule has 1 fully saturated rings. The van der Waals surface area contributed by atoms with Crippen LogP contribution < -0.4 is 10.6 Å². The van der Waals surface area contributed by atoms with Gasteiger partial charge in [0, 0.05) is 50.6 Å². The first-order valence-corrected chi connectivity index (χ1v) is 11.1. The van der Waals surface area contributed by atoms with Gasteiger partial charge in [0.05, 0.1) is 0 Å². The van der Waals surface area contributed by atoms with Crippen LogP contribution in [0.5, 0.6) is 0 Å². The Kier molecular flexibility index (Phi) is 7.97. The Morgan fingerprint density at radius 2 is 2.00 bits per heavy atom. The van der Waals surface area contributed by atoms with Crippen molar-refractivity contribution in [2.75, 3.05) is 26.7 Å². The van der Waals surface area contributed by atoms with Crippen molar-refractivity contribution in [3.8, 4) is 0 Å². The topological polar surface area (TPSA) is 94.6 Å². The van der Waals surface area contributed by atoms with Crippen LogP contribution in [-0.4, -0.2) is 59.6 Å². The van der Waals surface area contributed by atoms with Crippen LogP contribution in [0.3, 0.4) is 0 Å². The lowest BCUT2D eigenvalue weighted by atomic mass is 9.90. The van der Waals surface area contributed by atoms with Crippen LogP contribution in [0.25, 0.3) is 0 Å². The smallest absolute Gasteiger partial charge is 0.407 e. The molecule has 7 nitrogen and oxygen atoms in total. The van der Waals surface area contributed by atoms with Crippen molar-refractivity contribution in [2.24, 2.45) is 5.92 Å². The highest BCUT2D eigenvalue weighted by molar-refractivity contribution is 5.92. The fourth-order valence-corrected chi connectivity index (χ4v) is 4.06. The molecule has 2 heterocycles. The van der Waals surface area contributed by atoms with Gasteiger partial charge in [-0.2, -0.15) is 0 Å². The van der Waals surface area contributed by atoms with E-state index in [2.05, 4.69) is 15.6 Å². The third kappa shape index (κ3) is 6.25. The lowest BCUT2D eigenvalue weighted by Gasteiger charge is -2.37. The summed E-state index contributed by atoms with van der Waals surface area (Å²) in [5.74, 6) is -4.23. The van der Waals surface area contributed by atoms with Gasteiger partial charge in [-0.25, -0.2) is 18.6 Å². The van der Waals surface area contributed by atoms with E-state index in [0.29, 0.717) is 18.8 Å². The Morgan fingerprint density at radius 3 is 2.67 bits per heavy atom. The Hall–Kier alpha value is -3.07. The summed E-state index contributed by atoms with van der Waals surface area (Å²) in [7, 11) is 1.54. The fraction of sp³-hybridized carbons (Fsp3) is 0.458. The zero-order valence-electron chi connectivity index (χ0n) is 18.9.